The van der Waals surface area contributed by atoms with Crippen molar-refractivity contribution in [1.82, 2.24) is 10.2 Å². The van der Waals surface area contributed by atoms with E-state index in [0.29, 0.717) is 13.2 Å². The van der Waals surface area contributed by atoms with Gasteiger partial charge in [-0.1, -0.05) is 32.1 Å². The molecule has 1 saturated carbocycles. The van der Waals surface area contributed by atoms with Crippen LogP contribution < -0.4 is 5.32 Å². The number of carbonyl (C=O) groups excluding carboxylic acids is 1. The number of ether oxygens (including phenoxy) is 1. The second kappa shape index (κ2) is 6.84. The van der Waals surface area contributed by atoms with Crippen LogP contribution in [0, 0.1) is 5.92 Å². The van der Waals surface area contributed by atoms with Crippen LogP contribution in [-0.4, -0.2) is 43.8 Å². The number of nitrogens with one attached hydrogen (secondary N) is 1. The first-order valence-corrected chi connectivity index (χ1v) is 6.97. The number of morpholine rings is 1. The zero-order valence-corrected chi connectivity index (χ0v) is 10.6. The van der Waals surface area contributed by atoms with Gasteiger partial charge in [-0.3, -0.25) is 0 Å². The van der Waals surface area contributed by atoms with Gasteiger partial charge in [-0.2, -0.15) is 0 Å². The lowest BCUT2D eigenvalue weighted by Gasteiger charge is -2.27. The van der Waals surface area contributed by atoms with Gasteiger partial charge in [0.05, 0.1) is 13.2 Å². The molecule has 98 valence electrons. The van der Waals surface area contributed by atoms with Crippen molar-refractivity contribution in [3.05, 3.63) is 0 Å². The number of hydrogen-bond acceptors (Lipinski definition) is 2. The van der Waals surface area contributed by atoms with Crippen LogP contribution >= 0.6 is 0 Å². The summed E-state index contributed by atoms with van der Waals surface area (Å²) >= 11 is 0. The second-order valence-corrected chi connectivity index (χ2v) is 5.12. The monoisotopic (exact) mass is 240 g/mol. The molecule has 0 aromatic carbocycles. The molecule has 0 atom stereocenters. The first kappa shape index (κ1) is 12.7. The molecule has 0 aromatic rings. The molecule has 2 fully saturated rings. The van der Waals surface area contributed by atoms with E-state index >= 15 is 0 Å². The van der Waals surface area contributed by atoms with Crippen LogP contribution in [0.3, 0.4) is 0 Å². The van der Waals surface area contributed by atoms with Crippen molar-refractivity contribution in [3.63, 3.8) is 0 Å². The minimum Gasteiger partial charge on any atom is -0.378 e. The standard InChI is InChI=1S/C13H24N2O2/c16-13(15-8-10-17-11-9-15)14-7-6-12-4-2-1-3-5-12/h12H,1-11H2,(H,14,16). The molecule has 1 heterocycles. The van der Waals surface area contributed by atoms with E-state index in [1.807, 2.05) is 4.90 Å². The van der Waals surface area contributed by atoms with E-state index in [1.54, 1.807) is 0 Å². The first-order valence-electron chi connectivity index (χ1n) is 6.97. The number of carbonyl (C=O) groups is 1. The van der Waals surface area contributed by atoms with Gasteiger partial charge in [0, 0.05) is 19.6 Å². The Kier molecular flexibility index (Phi) is 5.10. The Hall–Kier alpha value is -0.770. The lowest BCUT2D eigenvalue weighted by Crippen LogP contribution is -2.46. The minimum absolute atomic E-state index is 0.0871. The van der Waals surface area contributed by atoms with Crippen LogP contribution in [0.2, 0.25) is 0 Å². The molecule has 0 spiro atoms. The SMILES string of the molecule is O=C(NCCC1CCCCC1)N1CCOCC1. The molecule has 0 unspecified atom stereocenters. The third-order valence-corrected chi connectivity index (χ3v) is 3.85. The number of rotatable bonds is 3. The van der Waals surface area contributed by atoms with Gasteiger partial charge in [0.25, 0.3) is 0 Å². The molecule has 4 heteroatoms. The third-order valence-electron chi connectivity index (χ3n) is 3.85. The molecule has 1 aliphatic carbocycles. The summed E-state index contributed by atoms with van der Waals surface area (Å²) in [6.45, 7) is 3.65. The average Bonchev–Trinajstić information content (AvgIpc) is 2.41. The summed E-state index contributed by atoms with van der Waals surface area (Å²) in [6.07, 6.45) is 8.01. The van der Waals surface area contributed by atoms with Gasteiger partial charge in [-0.05, 0) is 12.3 Å². The van der Waals surface area contributed by atoms with Crippen molar-refractivity contribution in [1.29, 1.82) is 0 Å². The lowest BCUT2D eigenvalue weighted by atomic mass is 9.87. The fourth-order valence-electron chi connectivity index (χ4n) is 2.74. The van der Waals surface area contributed by atoms with Crippen LogP contribution in [0.4, 0.5) is 4.79 Å². The predicted molar refractivity (Wildman–Crippen MR) is 67.0 cm³/mol. The Morgan fingerprint density at radius 1 is 1.18 bits per heavy atom. The van der Waals surface area contributed by atoms with Crippen LogP contribution in [0.15, 0.2) is 0 Å². The number of nitrogens with zero attached hydrogens (tertiary/aromatic N) is 1. The van der Waals surface area contributed by atoms with Crippen LogP contribution in [0.25, 0.3) is 0 Å². The quantitative estimate of drug-likeness (QED) is 0.819. The highest BCUT2D eigenvalue weighted by Crippen LogP contribution is 2.25. The van der Waals surface area contributed by atoms with Crippen molar-refractivity contribution in [2.24, 2.45) is 5.92 Å². The van der Waals surface area contributed by atoms with Crippen molar-refractivity contribution in [2.45, 2.75) is 38.5 Å². The molecule has 17 heavy (non-hydrogen) atoms. The molecule has 0 bridgehead atoms. The minimum atomic E-state index is 0.0871. The highest BCUT2D eigenvalue weighted by molar-refractivity contribution is 5.74. The molecule has 1 aliphatic heterocycles. The molecule has 2 amide bonds. The molecule has 0 aromatic heterocycles. The average molecular weight is 240 g/mol. The van der Waals surface area contributed by atoms with Crippen LogP contribution in [-0.2, 0) is 4.74 Å². The summed E-state index contributed by atoms with van der Waals surface area (Å²) in [5.41, 5.74) is 0. The fourth-order valence-corrected chi connectivity index (χ4v) is 2.74. The molecular weight excluding hydrogens is 216 g/mol. The zero-order chi connectivity index (χ0) is 11.9. The number of amides is 2. The Bertz CT molecular complexity index is 234. The van der Waals surface area contributed by atoms with E-state index in [-0.39, 0.29) is 6.03 Å². The summed E-state index contributed by atoms with van der Waals surface area (Å²) in [6, 6.07) is 0.0871. The van der Waals surface area contributed by atoms with Gasteiger partial charge in [-0.25, -0.2) is 4.79 Å². The van der Waals surface area contributed by atoms with Crippen molar-refractivity contribution in [2.75, 3.05) is 32.8 Å². The molecule has 0 radical (unpaired) electrons. The number of hydrogen-bond donors (Lipinski definition) is 1. The summed E-state index contributed by atoms with van der Waals surface area (Å²) in [5, 5.41) is 3.03. The Labute approximate surface area is 104 Å². The van der Waals surface area contributed by atoms with Gasteiger partial charge in [0.2, 0.25) is 0 Å². The Morgan fingerprint density at radius 2 is 1.88 bits per heavy atom. The maximum absolute atomic E-state index is 11.8. The fraction of sp³-hybridized carbons (Fsp3) is 0.923. The van der Waals surface area contributed by atoms with Gasteiger partial charge >= 0.3 is 6.03 Å². The van der Waals surface area contributed by atoms with E-state index in [0.717, 1.165) is 32.0 Å². The Balaban J connectivity index is 1.58. The Morgan fingerprint density at radius 3 is 2.59 bits per heavy atom. The summed E-state index contributed by atoms with van der Waals surface area (Å²) in [5.74, 6) is 0.841. The maximum atomic E-state index is 11.8. The van der Waals surface area contributed by atoms with Gasteiger partial charge < -0.3 is 15.0 Å². The van der Waals surface area contributed by atoms with Crippen molar-refractivity contribution >= 4 is 6.03 Å². The topological polar surface area (TPSA) is 41.6 Å². The highest BCUT2D eigenvalue weighted by Gasteiger charge is 2.17. The maximum Gasteiger partial charge on any atom is 0.317 e. The summed E-state index contributed by atoms with van der Waals surface area (Å²) in [7, 11) is 0. The second-order valence-electron chi connectivity index (χ2n) is 5.12. The molecule has 1 saturated heterocycles. The number of urea groups is 1. The normalized spacial score (nSPS) is 22.5. The lowest BCUT2D eigenvalue weighted by molar-refractivity contribution is 0.0531. The smallest absolute Gasteiger partial charge is 0.317 e. The third kappa shape index (κ3) is 4.19. The van der Waals surface area contributed by atoms with E-state index < -0.39 is 0 Å². The largest absolute Gasteiger partial charge is 0.378 e. The predicted octanol–water partition coefficient (Wildman–Crippen LogP) is 2.00. The van der Waals surface area contributed by atoms with Crippen LogP contribution in [0.1, 0.15) is 38.5 Å². The van der Waals surface area contributed by atoms with Gasteiger partial charge in [0.15, 0.2) is 0 Å². The first-order chi connectivity index (χ1) is 8.36. The van der Waals surface area contributed by atoms with E-state index in [2.05, 4.69) is 5.32 Å². The molecule has 2 aliphatic rings. The van der Waals surface area contributed by atoms with E-state index in [1.165, 1.54) is 32.1 Å². The summed E-state index contributed by atoms with van der Waals surface area (Å²) in [4.78, 5) is 13.7. The van der Waals surface area contributed by atoms with Gasteiger partial charge in [0.1, 0.15) is 0 Å². The zero-order valence-electron chi connectivity index (χ0n) is 10.6. The molecular formula is C13H24N2O2. The van der Waals surface area contributed by atoms with Crippen molar-refractivity contribution in [3.8, 4) is 0 Å². The van der Waals surface area contributed by atoms with Gasteiger partial charge in [-0.15, -0.1) is 0 Å². The highest BCUT2D eigenvalue weighted by atomic mass is 16.5. The van der Waals surface area contributed by atoms with E-state index in [9.17, 15) is 4.79 Å². The van der Waals surface area contributed by atoms with E-state index in [4.69, 9.17) is 4.74 Å². The van der Waals surface area contributed by atoms with Crippen LogP contribution in [0.5, 0.6) is 0 Å². The molecule has 1 N–H and O–H groups in total. The molecule has 4 nitrogen and oxygen atoms in total. The summed E-state index contributed by atoms with van der Waals surface area (Å²) < 4.78 is 5.23. The molecule has 2 rings (SSSR count). The van der Waals surface area contributed by atoms with Crippen molar-refractivity contribution < 1.29 is 9.53 Å².